The molecule has 0 spiro atoms. The lowest BCUT2D eigenvalue weighted by Gasteiger charge is -2.24. The van der Waals surface area contributed by atoms with Crippen LogP contribution in [0.1, 0.15) is 60.0 Å². The van der Waals surface area contributed by atoms with Gasteiger partial charge in [-0.25, -0.2) is 4.98 Å². The number of hydrogen-bond acceptors (Lipinski definition) is 5. The van der Waals surface area contributed by atoms with Crippen LogP contribution in [-0.2, 0) is 13.1 Å². The van der Waals surface area contributed by atoms with E-state index in [4.69, 9.17) is 4.74 Å². The highest BCUT2D eigenvalue weighted by molar-refractivity contribution is 5.98. The van der Waals surface area contributed by atoms with Gasteiger partial charge in [-0.3, -0.25) is 14.7 Å². The largest absolute Gasteiger partial charge is 0.481 e. The van der Waals surface area contributed by atoms with Crippen LogP contribution in [0.2, 0.25) is 0 Å². The molecule has 1 saturated heterocycles. The fraction of sp³-hybridized carbons (Fsp3) is 0.476. The average molecular weight is 366 g/mol. The van der Waals surface area contributed by atoms with Crippen molar-refractivity contribution in [2.45, 2.75) is 51.9 Å². The third-order valence-corrected chi connectivity index (χ3v) is 5.54. The van der Waals surface area contributed by atoms with E-state index in [1.807, 2.05) is 43.1 Å². The second-order valence-electron chi connectivity index (χ2n) is 7.56. The number of rotatable bonds is 5. The van der Waals surface area contributed by atoms with Crippen molar-refractivity contribution >= 4 is 5.91 Å². The molecular weight excluding hydrogens is 340 g/mol. The van der Waals surface area contributed by atoms with Crippen LogP contribution in [-0.4, -0.2) is 45.4 Å². The molecule has 0 aromatic carbocycles. The lowest BCUT2D eigenvalue weighted by Crippen LogP contribution is -2.30. The maximum absolute atomic E-state index is 12.7. The van der Waals surface area contributed by atoms with Crippen molar-refractivity contribution in [2.75, 3.05) is 13.7 Å². The first-order chi connectivity index (χ1) is 13.1. The van der Waals surface area contributed by atoms with Crippen molar-refractivity contribution in [1.82, 2.24) is 19.8 Å². The van der Waals surface area contributed by atoms with Gasteiger partial charge in [-0.1, -0.05) is 6.07 Å². The fourth-order valence-electron chi connectivity index (χ4n) is 4.12. The van der Waals surface area contributed by atoms with Gasteiger partial charge in [-0.2, -0.15) is 0 Å². The Morgan fingerprint density at radius 3 is 2.89 bits per heavy atom. The first-order valence-electron chi connectivity index (χ1n) is 9.61. The van der Waals surface area contributed by atoms with Crippen molar-refractivity contribution in [2.24, 2.45) is 0 Å². The summed E-state index contributed by atoms with van der Waals surface area (Å²) in [4.78, 5) is 26.2. The van der Waals surface area contributed by atoms with Gasteiger partial charge < -0.3 is 9.64 Å². The Bertz CT molecular complexity index is 838. The van der Waals surface area contributed by atoms with E-state index in [0.29, 0.717) is 30.6 Å². The van der Waals surface area contributed by atoms with Crippen LogP contribution in [0.5, 0.6) is 5.88 Å². The molecule has 1 amide bonds. The molecular formula is C21H26N4O2. The van der Waals surface area contributed by atoms with E-state index in [2.05, 4.69) is 20.9 Å². The molecule has 1 fully saturated rings. The Morgan fingerprint density at radius 2 is 2.19 bits per heavy atom. The van der Waals surface area contributed by atoms with Crippen LogP contribution in [0.3, 0.4) is 0 Å². The zero-order chi connectivity index (χ0) is 19.0. The minimum absolute atomic E-state index is 0.0686. The number of methoxy groups -OCH3 is 1. The van der Waals surface area contributed by atoms with Gasteiger partial charge in [0.05, 0.1) is 36.6 Å². The summed E-state index contributed by atoms with van der Waals surface area (Å²) in [6.45, 7) is 6.34. The normalized spacial score (nSPS) is 19.8. The summed E-state index contributed by atoms with van der Waals surface area (Å²) in [5.41, 5.74) is 3.60. The van der Waals surface area contributed by atoms with Gasteiger partial charge >= 0.3 is 0 Å². The van der Waals surface area contributed by atoms with E-state index in [-0.39, 0.29) is 11.9 Å². The van der Waals surface area contributed by atoms with Gasteiger partial charge in [-0.15, -0.1) is 0 Å². The molecule has 27 heavy (non-hydrogen) atoms. The zero-order valence-electron chi connectivity index (χ0n) is 16.2. The molecule has 0 unspecified atom stereocenters. The van der Waals surface area contributed by atoms with E-state index in [1.54, 1.807) is 7.11 Å². The highest BCUT2D eigenvalue weighted by Gasteiger charge is 2.33. The van der Waals surface area contributed by atoms with Crippen molar-refractivity contribution < 1.29 is 9.53 Å². The maximum atomic E-state index is 12.7. The molecule has 2 aromatic heterocycles. The minimum atomic E-state index is 0.0686. The highest BCUT2D eigenvalue weighted by atomic mass is 16.5. The quantitative estimate of drug-likeness (QED) is 0.813. The third-order valence-electron chi connectivity index (χ3n) is 5.54. The summed E-state index contributed by atoms with van der Waals surface area (Å²) >= 11 is 0. The molecule has 2 aliphatic heterocycles. The van der Waals surface area contributed by atoms with E-state index < -0.39 is 0 Å². The number of likely N-dealkylation sites (tertiary alicyclic amines) is 1. The number of pyridine rings is 2. The minimum Gasteiger partial charge on any atom is -0.481 e. The first kappa shape index (κ1) is 17.9. The molecule has 2 aromatic rings. The standard InChI is InChI=1S/C21H26N4O2/c1-14(2)25-13-18-16(21(25)26)11-15(20(23-18)27-3)12-24-10-6-8-19(24)17-7-4-5-9-22-17/h4-5,7,9,11,14,19H,6,8,10,12-13H2,1-3H3/t19-/m1/s1. The SMILES string of the molecule is COc1nc2c(cc1CN1CCC[C@@H]1c1ccccn1)C(=O)N(C(C)C)C2. The summed E-state index contributed by atoms with van der Waals surface area (Å²) in [7, 11) is 1.65. The first-order valence-corrected chi connectivity index (χ1v) is 9.61. The highest BCUT2D eigenvalue weighted by Crippen LogP contribution is 2.35. The fourth-order valence-corrected chi connectivity index (χ4v) is 4.12. The molecule has 2 aliphatic rings. The molecule has 1 atom stereocenters. The Balaban J connectivity index is 1.62. The Kier molecular flexibility index (Phi) is 4.83. The molecule has 0 N–H and O–H groups in total. The molecule has 0 aliphatic carbocycles. The van der Waals surface area contributed by atoms with Crippen molar-refractivity contribution in [3.63, 3.8) is 0 Å². The van der Waals surface area contributed by atoms with Gasteiger partial charge in [0.2, 0.25) is 5.88 Å². The van der Waals surface area contributed by atoms with E-state index in [1.165, 1.54) is 0 Å². The summed E-state index contributed by atoms with van der Waals surface area (Å²) < 4.78 is 5.57. The van der Waals surface area contributed by atoms with Gasteiger partial charge in [0.15, 0.2) is 0 Å². The van der Waals surface area contributed by atoms with Crippen LogP contribution in [0.25, 0.3) is 0 Å². The van der Waals surface area contributed by atoms with Crippen molar-refractivity contribution in [3.05, 3.63) is 53.0 Å². The predicted molar refractivity (Wildman–Crippen MR) is 102 cm³/mol. The lowest BCUT2D eigenvalue weighted by atomic mass is 10.1. The molecule has 6 heteroatoms. The smallest absolute Gasteiger partial charge is 0.256 e. The van der Waals surface area contributed by atoms with E-state index in [9.17, 15) is 4.79 Å². The second kappa shape index (κ2) is 7.27. The topological polar surface area (TPSA) is 58.6 Å². The number of carbonyl (C=O) groups excluding carboxylic acids is 1. The number of amides is 1. The van der Waals surface area contributed by atoms with Crippen molar-refractivity contribution in [1.29, 1.82) is 0 Å². The summed E-state index contributed by atoms with van der Waals surface area (Å²) in [6, 6.07) is 8.52. The summed E-state index contributed by atoms with van der Waals surface area (Å²) in [6.07, 6.45) is 4.09. The monoisotopic (exact) mass is 366 g/mol. The van der Waals surface area contributed by atoms with Gasteiger partial charge in [0.25, 0.3) is 5.91 Å². The number of ether oxygens (including phenoxy) is 1. The second-order valence-corrected chi connectivity index (χ2v) is 7.56. The summed E-state index contributed by atoms with van der Waals surface area (Å²) in [5, 5.41) is 0. The van der Waals surface area contributed by atoms with Gasteiger partial charge in [-0.05, 0) is 51.4 Å². The maximum Gasteiger partial charge on any atom is 0.256 e. The third kappa shape index (κ3) is 3.30. The van der Waals surface area contributed by atoms with Crippen LogP contribution < -0.4 is 4.74 Å². The number of aromatic nitrogens is 2. The van der Waals surface area contributed by atoms with Gasteiger partial charge in [0, 0.05) is 24.3 Å². The van der Waals surface area contributed by atoms with Crippen LogP contribution in [0.4, 0.5) is 0 Å². The van der Waals surface area contributed by atoms with E-state index in [0.717, 1.165) is 36.3 Å². The molecule has 0 saturated carbocycles. The van der Waals surface area contributed by atoms with Gasteiger partial charge in [0.1, 0.15) is 0 Å². The number of fused-ring (bicyclic) bond motifs is 1. The molecule has 0 bridgehead atoms. The Labute approximate surface area is 160 Å². The molecule has 142 valence electrons. The van der Waals surface area contributed by atoms with E-state index >= 15 is 0 Å². The van der Waals surface area contributed by atoms with Crippen LogP contribution >= 0.6 is 0 Å². The number of hydrogen-bond donors (Lipinski definition) is 0. The van der Waals surface area contributed by atoms with Crippen molar-refractivity contribution in [3.8, 4) is 5.88 Å². The Hall–Kier alpha value is -2.47. The van der Waals surface area contributed by atoms with Crippen LogP contribution in [0, 0.1) is 0 Å². The molecule has 0 radical (unpaired) electrons. The lowest BCUT2D eigenvalue weighted by molar-refractivity contribution is 0.0730. The average Bonchev–Trinajstić information content (AvgIpc) is 3.26. The predicted octanol–water partition coefficient (Wildman–Crippen LogP) is 3.19. The Morgan fingerprint density at radius 1 is 1.33 bits per heavy atom. The summed E-state index contributed by atoms with van der Waals surface area (Å²) in [5.74, 6) is 0.693. The molecule has 4 heterocycles. The number of carbonyl (C=O) groups is 1. The molecule has 6 nitrogen and oxygen atoms in total. The number of nitrogens with zero attached hydrogens (tertiary/aromatic N) is 4. The zero-order valence-corrected chi connectivity index (χ0v) is 16.2. The molecule has 4 rings (SSSR count). The van der Waals surface area contributed by atoms with Crippen LogP contribution in [0.15, 0.2) is 30.5 Å².